The first-order valence-corrected chi connectivity index (χ1v) is 41.3. The van der Waals surface area contributed by atoms with Gasteiger partial charge in [0.15, 0.2) is 16.6 Å². The molecule has 248 valence electrons. The summed E-state index contributed by atoms with van der Waals surface area (Å²) in [5.74, 6) is 0. The van der Waals surface area contributed by atoms with Gasteiger partial charge in [0, 0.05) is 0 Å². The molecule has 0 aromatic heterocycles. The highest BCUT2D eigenvalue weighted by Gasteiger charge is 2.49. The van der Waals surface area contributed by atoms with Crippen LogP contribution >= 0.6 is 0 Å². The molecule has 0 radical (unpaired) electrons. The van der Waals surface area contributed by atoms with E-state index in [4.69, 9.17) is 32.9 Å². The van der Waals surface area contributed by atoms with Gasteiger partial charge in [-0.05, 0) is 130 Å². The normalized spacial score (nSPS) is 15.5. The Labute approximate surface area is 264 Å². The lowest BCUT2D eigenvalue weighted by Crippen LogP contribution is -2.62. The maximum Gasteiger partial charge on any atom is 0.314 e. The third-order valence-electron chi connectivity index (χ3n) is 5.70. The Kier molecular flexibility index (Phi) is 15.6. The molecule has 0 unspecified atom stereocenters. The van der Waals surface area contributed by atoms with E-state index in [0.29, 0.717) is 0 Å². The first-order chi connectivity index (χ1) is 17.8. The Hall–Kier alpha value is 1.63. The highest BCUT2D eigenvalue weighted by Crippen LogP contribution is 2.30. The van der Waals surface area contributed by atoms with Crippen LogP contribution < -0.4 is 0 Å². The minimum absolute atomic E-state index is 1.13. The van der Waals surface area contributed by atoms with Crippen LogP contribution in [-0.4, -0.2) is 76.6 Å². The Morgan fingerprint density at radius 2 is 0.415 bits per heavy atom. The summed E-state index contributed by atoms with van der Waals surface area (Å²) < 4.78 is 53.6. The van der Waals surface area contributed by atoms with E-state index in [9.17, 15) is 0 Å². The van der Waals surface area contributed by atoms with Gasteiger partial charge in [-0.3, -0.25) is 0 Å². The van der Waals surface area contributed by atoms with Crippen molar-refractivity contribution in [3.05, 3.63) is 0 Å². The second-order valence-corrected chi connectivity index (χ2v) is 49.8. The van der Waals surface area contributed by atoms with Gasteiger partial charge in [-0.1, -0.05) is 26.7 Å². The molecule has 0 aliphatic carbocycles. The van der Waals surface area contributed by atoms with Crippen molar-refractivity contribution in [1.82, 2.24) is 0 Å². The van der Waals surface area contributed by atoms with Crippen LogP contribution in [0.3, 0.4) is 0 Å². The second kappa shape index (κ2) is 15.0. The van der Waals surface area contributed by atoms with Crippen LogP contribution in [-0.2, 0) is 32.9 Å². The Balaban J connectivity index is 5.41. The fraction of sp³-hybridized carbons (Fsp3) is 1.00. The molecule has 0 N–H and O–H groups in total. The van der Waals surface area contributed by atoms with Crippen LogP contribution in [0.5, 0.6) is 0 Å². The first kappa shape index (κ1) is 42.6. The molecule has 0 spiro atoms. The Bertz CT molecular complexity index is 755. The van der Waals surface area contributed by atoms with E-state index in [2.05, 4.69) is 132 Å². The van der Waals surface area contributed by atoms with Crippen LogP contribution in [0.2, 0.25) is 130 Å². The molecule has 0 amide bonds. The maximum atomic E-state index is 6.75. The molecule has 0 bridgehead atoms. The van der Waals surface area contributed by atoms with Crippen molar-refractivity contribution < 1.29 is 32.9 Å². The zero-order valence-corrected chi connectivity index (χ0v) is 39.6. The molecule has 0 heterocycles. The fourth-order valence-electron chi connectivity index (χ4n) is 6.33. The SMILES string of the molecule is CCC[Si](C)(C)O[Si](C)(C)O[Si](C)(C)O[Si](C)(C)O[Si](C)(C)O[Si](C)(C)O[Si](C)(C)O[Si](C)(C)O[Si](C)(C)CCC. The standard InChI is InChI=1S/C24H68O8Si9/c1-21-23-33(3,4)25-35(7,8)27-37(11,12)29-39(15,16)31-41(19,20)32-40(17,18)30-38(13,14)28-36(9,10)26-34(5,6)24-22-2/h21-24H2,1-20H3. The predicted octanol–water partition coefficient (Wildman–Crippen LogP) is 9.26. The summed E-state index contributed by atoms with van der Waals surface area (Å²) in [5, 5.41) is 0. The van der Waals surface area contributed by atoms with Gasteiger partial charge in [0.1, 0.15) is 0 Å². The molecule has 8 nitrogen and oxygen atoms in total. The smallest absolute Gasteiger partial charge is 0.314 e. The number of rotatable bonds is 20. The lowest BCUT2D eigenvalue weighted by Gasteiger charge is -2.44. The van der Waals surface area contributed by atoms with Crippen LogP contribution in [0.4, 0.5) is 0 Å². The topological polar surface area (TPSA) is 73.8 Å². The van der Waals surface area contributed by atoms with Crippen molar-refractivity contribution in [2.24, 2.45) is 0 Å². The van der Waals surface area contributed by atoms with Gasteiger partial charge in [-0.25, -0.2) is 0 Å². The van der Waals surface area contributed by atoms with E-state index in [1.807, 2.05) is 0 Å². The van der Waals surface area contributed by atoms with Gasteiger partial charge in [0.25, 0.3) is 0 Å². The molecule has 0 aromatic carbocycles. The Morgan fingerprint density at radius 3 is 0.561 bits per heavy atom. The van der Waals surface area contributed by atoms with Crippen molar-refractivity contribution in [1.29, 1.82) is 0 Å². The van der Waals surface area contributed by atoms with E-state index in [1.165, 1.54) is 0 Å². The van der Waals surface area contributed by atoms with Crippen LogP contribution in [0, 0.1) is 0 Å². The van der Waals surface area contributed by atoms with Gasteiger partial charge in [-0.2, -0.15) is 0 Å². The van der Waals surface area contributed by atoms with E-state index in [0.717, 1.165) is 24.9 Å². The summed E-state index contributed by atoms with van der Waals surface area (Å²) in [6.45, 7) is 43.2. The van der Waals surface area contributed by atoms with E-state index >= 15 is 0 Å². The van der Waals surface area contributed by atoms with Gasteiger partial charge >= 0.3 is 59.9 Å². The van der Waals surface area contributed by atoms with Crippen LogP contribution in [0.15, 0.2) is 0 Å². The quantitative estimate of drug-likeness (QED) is 0.115. The maximum absolute atomic E-state index is 6.75. The van der Waals surface area contributed by atoms with Crippen molar-refractivity contribution in [3.8, 4) is 0 Å². The monoisotopic (exact) mass is 736 g/mol. The summed E-state index contributed by atoms with van der Waals surface area (Å²) in [4.78, 5) is 0. The predicted molar refractivity (Wildman–Crippen MR) is 196 cm³/mol. The zero-order chi connectivity index (χ0) is 33.0. The first-order valence-electron chi connectivity index (χ1n) is 15.4. The van der Waals surface area contributed by atoms with Crippen molar-refractivity contribution in [2.45, 2.75) is 157 Å². The summed E-state index contributed by atoms with van der Waals surface area (Å²) in [7, 11) is -21.1. The van der Waals surface area contributed by atoms with Crippen LogP contribution in [0.25, 0.3) is 0 Å². The van der Waals surface area contributed by atoms with E-state index in [1.54, 1.807) is 0 Å². The molecule has 0 aliphatic rings. The highest BCUT2D eigenvalue weighted by atomic mass is 28.5. The van der Waals surface area contributed by atoms with Gasteiger partial charge < -0.3 is 32.9 Å². The molecule has 0 aromatic rings. The molecule has 0 saturated heterocycles. The van der Waals surface area contributed by atoms with Crippen molar-refractivity contribution >= 4 is 76.6 Å². The average molecular weight is 738 g/mol. The van der Waals surface area contributed by atoms with E-state index < -0.39 is 76.6 Å². The minimum atomic E-state index is -2.61. The van der Waals surface area contributed by atoms with Gasteiger partial charge in [0.2, 0.25) is 0 Å². The van der Waals surface area contributed by atoms with Gasteiger partial charge in [-0.15, -0.1) is 0 Å². The van der Waals surface area contributed by atoms with Crippen molar-refractivity contribution in [2.75, 3.05) is 0 Å². The summed E-state index contributed by atoms with van der Waals surface area (Å²) in [6.07, 6.45) is 2.27. The second-order valence-electron chi connectivity index (χ2n) is 15.6. The molecule has 41 heavy (non-hydrogen) atoms. The van der Waals surface area contributed by atoms with E-state index in [-0.39, 0.29) is 0 Å². The summed E-state index contributed by atoms with van der Waals surface area (Å²) in [6, 6.07) is 2.27. The lowest BCUT2D eigenvalue weighted by atomic mass is 10.6. The minimum Gasteiger partial charge on any atom is -0.436 e. The molecule has 0 saturated carbocycles. The largest absolute Gasteiger partial charge is 0.436 e. The third-order valence-corrected chi connectivity index (χ3v) is 41.1. The Morgan fingerprint density at radius 1 is 0.268 bits per heavy atom. The molecule has 0 fully saturated rings. The van der Waals surface area contributed by atoms with Gasteiger partial charge in [0.05, 0.1) is 0 Å². The molecule has 0 atom stereocenters. The number of hydrogen-bond donors (Lipinski definition) is 0. The third kappa shape index (κ3) is 19.7. The molecule has 0 rings (SSSR count). The van der Waals surface area contributed by atoms with Crippen molar-refractivity contribution in [3.63, 3.8) is 0 Å². The molecule has 17 heteroatoms. The fourth-order valence-corrected chi connectivity index (χ4v) is 52.4. The molecular weight excluding hydrogens is 669 g/mol. The lowest BCUT2D eigenvalue weighted by molar-refractivity contribution is 0.260. The summed E-state index contributed by atoms with van der Waals surface area (Å²) in [5.41, 5.74) is 0. The zero-order valence-electron chi connectivity index (χ0n) is 30.6. The average Bonchev–Trinajstić information content (AvgIpc) is 2.50. The highest BCUT2D eigenvalue weighted by molar-refractivity contribution is 6.92. The number of hydrogen-bond acceptors (Lipinski definition) is 8. The molecular formula is C24H68O8Si9. The summed E-state index contributed by atoms with van der Waals surface area (Å²) >= 11 is 0. The van der Waals surface area contributed by atoms with Crippen LogP contribution in [0.1, 0.15) is 26.7 Å². The molecule has 0 aliphatic heterocycles.